The second-order valence-corrected chi connectivity index (χ2v) is 4.31. The number of rotatable bonds is 4. The van der Waals surface area contributed by atoms with Crippen molar-refractivity contribution >= 4 is 5.69 Å². The molecular weight excluding hydrogens is 212 g/mol. The van der Waals surface area contributed by atoms with Crippen molar-refractivity contribution in [1.82, 2.24) is 0 Å². The van der Waals surface area contributed by atoms with Crippen molar-refractivity contribution in [3.8, 4) is 5.75 Å². The predicted molar refractivity (Wildman–Crippen MR) is 70.8 cm³/mol. The van der Waals surface area contributed by atoms with Gasteiger partial charge in [0.25, 0.3) is 0 Å². The van der Waals surface area contributed by atoms with Gasteiger partial charge in [0.05, 0.1) is 0 Å². The number of nitrogens with one attached hydrogen (secondary N) is 1. The smallest absolute Gasteiger partial charge is 0.119 e. The maximum absolute atomic E-state index is 5.69. The lowest BCUT2D eigenvalue weighted by molar-refractivity contribution is 0.354. The normalized spacial score (nSPS) is 18.7. The second kappa shape index (κ2) is 5.55. The Labute approximate surface area is 102 Å². The number of nitrogen functional groups attached to an aromatic ring is 1. The molecule has 17 heavy (non-hydrogen) atoms. The lowest BCUT2D eigenvalue weighted by Gasteiger charge is -2.13. The molecule has 1 aliphatic carbocycles. The molecule has 0 radical (unpaired) electrons. The number of ether oxygens (including phenoxy) is 1. The van der Waals surface area contributed by atoms with E-state index in [2.05, 4.69) is 30.6 Å². The molecule has 1 atom stereocenters. The molecule has 0 fully saturated rings. The van der Waals surface area contributed by atoms with E-state index in [1.807, 2.05) is 24.3 Å². The quantitative estimate of drug-likeness (QED) is 0.617. The van der Waals surface area contributed by atoms with Crippen LogP contribution in [0.4, 0.5) is 5.69 Å². The first-order valence-electron chi connectivity index (χ1n) is 5.84. The number of hydrogen-bond donors (Lipinski definition) is 2. The molecule has 0 saturated heterocycles. The van der Waals surface area contributed by atoms with Crippen LogP contribution in [0.15, 0.2) is 48.1 Å². The average Bonchev–Trinajstić information content (AvgIpc) is 2.39. The molecule has 1 unspecified atom stereocenters. The number of hydrazine groups is 1. The summed E-state index contributed by atoms with van der Waals surface area (Å²) in [6, 6.07) is 7.60. The Kier molecular flexibility index (Phi) is 3.83. The Hall–Kier alpha value is -1.74. The lowest BCUT2D eigenvalue weighted by Crippen LogP contribution is -2.06. The van der Waals surface area contributed by atoms with E-state index in [1.165, 1.54) is 5.57 Å². The molecule has 3 nitrogen and oxygen atoms in total. The highest BCUT2D eigenvalue weighted by atomic mass is 16.5. The van der Waals surface area contributed by atoms with Crippen LogP contribution in [0.2, 0.25) is 0 Å². The van der Waals surface area contributed by atoms with Crippen molar-refractivity contribution in [2.75, 3.05) is 12.0 Å². The summed E-state index contributed by atoms with van der Waals surface area (Å²) in [4.78, 5) is 0. The van der Waals surface area contributed by atoms with Crippen LogP contribution < -0.4 is 16.0 Å². The van der Waals surface area contributed by atoms with E-state index in [4.69, 9.17) is 10.6 Å². The summed E-state index contributed by atoms with van der Waals surface area (Å²) in [5.41, 5.74) is 4.70. The zero-order valence-corrected chi connectivity index (χ0v) is 10.0. The fourth-order valence-corrected chi connectivity index (χ4v) is 1.69. The van der Waals surface area contributed by atoms with Crippen LogP contribution in [-0.2, 0) is 0 Å². The molecule has 0 aliphatic heterocycles. The molecule has 0 aromatic heterocycles. The minimum atomic E-state index is 0.624. The Morgan fingerprint density at radius 3 is 2.71 bits per heavy atom. The molecule has 90 valence electrons. The number of anilines is 1. The maximum atomic E-state index is 5.69. The van der Waals surface area contributed by atoms with Crippen LogP contribution in [-0.4, -0.2) is 6.61 Å². The summed E-state index contributed by atoms with van der Waals surface area (Å²) >= 11 is 0. The van der Waals surface area contributed by atoms with Gasteiger partial charge in [-0.25, -0.2) is 0 Å². The molecule has 1 aliphatic rings. The Morgan fingerprint density at radius 2 is 2.12 bits per heavy atom. The monoisotopic (exact) mass is 230 g/mol. The third-order valence-electron chi connectivity index (χ3n) is 2.82. The molecular formula is C14H18N2O. The Bertz CT molecular complexity index is 420. The summed E-state index contributed by atoms with van der Waals surface area (Å²) in [5, 5.41) is 0. The molecule has 1 aromatic carbocycles. The van der Waals surface area contributed by atoms with Crippen LogP contribution in [0, 0.1) is 5.92 Å². The molecule has 0 saturated carbocycles. The zero-order chi connectivity index (χ0) is 12.1. The first kappa shape index (κ1) is 11.7. The first-order chi connectivity index (χ1) is 8.28. The number of hydrogen-bond acceptors (Lipinski definition) is 3. The number of allylic oxidation sites excluding steroid dienone is 2. The highest BCUT2D eigenvalue weighted by molar-refractivity contribution is 5.45. The van der Waals surface area contributed by atoms with Crippen LogP contribution in [0.5, 0.6) is 5.75 Å². The van der Waals surface area contributed by atoms with E-state index < -0.39 is 0 Å². The SMILES string of the molecule is CC1C=CC(COc2ccc(NN)cc2)=CC1. The number of benzene rings is 1. The van der Waals surface area contributed by atoms with E-state index in [9.17, 15) is 0 Å². The van der Waals surface area contributed by atoms with Crippen LogP contribution >= 0.6 is 0 Å². The summed E-state index contributed by atoms with van der Waals surface area (Å²) in [7, 11) is 0. The minimum absolute atomic E-state index is 0.624. The summed E-state index contributed by atoms with van der Waals surface area (Å²) < 4.78 is 5.69. The van der Waals surface area contributed by atoms with Crippen molar-refractivity contribution < 1.29 is 4.74 Å². The van der Waals surface area contributed by atoms with Crippen molar-refractivity contribution in [3.05, 3.63) is 48.1 Å². The fourth-order valence-electron chi connectivity index (χ4n) is 1.69. The third kappa shape index (κ3) is 3.36. The standard InChI is InChI=1S/C14H18N2O/c1-11-2-4-12(5-3-11)10-17-14-8-6-13(16-15)7-9-14/h2,4-9,11,16H,3,10,15H2,1H3. The summed E-state index contributed by atoms with van der Waals surface area (Å²) in [6.07, 6.45) is 7.70. The van der Waals surface area contributed by atoms with E-state index in [0.29, 0.717) is 12.5 Å². The molecule has 0 spiro atoms. The number of nitrogens with two attached hydrogens (primary N) is 1. The van der Waals surface area contributed by atoms with Gasteiger partial charge in [-0.05, 0) is 42.2 Å². The molecule has 0 amide bonds. The first-order valence-corrected chi connectivity index (χ1v) is 5.84. The van der Waals surface area contributed by atoms with Gasteiger partial charge in [0.15, 0.2) is 0 Å². The molecule has 1 aromatic rings. The largest absolute Gasteiger partial charge is 0.489 e. The maximum Gasteiger partial charge on any atom is 0.119 e. The fraction of sp³-hybridized carbons (Fsp3) is 0.286. The zero-order valence-electron chi connectivity index (χ0n) is 10.0. The van der Waals surface area contributed by atoms with Gasteiger partial charge in [0.1, 0.15) is 12.4 Å². The Balaban J connectivity index is 1.87. The summed E-state index contributed by atoms with van der Waals surface area (Å²) in [5.74, 6) is 6.80. The van der Waals surface area contributed by atoms with Crippen molar-refractivity contribution in [1.29, 1.82) is 0 Å². The van der Waals surface area contributed by atoms with Gasteiger partial charge in [-0.1, -0.05) is 25.2 Å². The highest BCUT2D eigenvalue weighted by Gasteiger charge is 2.04. The van der Waals surface area contributed by atoms with E-state index in [-0.39, 0.29) is 0 Å². The van der Waals surface area contributed by atoms with Gasteiger partial charge in [-0.3, -0.25) is 5.84 Å². The van der Waals surface area contributed by atoms with Gasteiger partial charge in [-0.15, -0.1) is 0 Å². The summed E-state index contributed by atoms with van der Waals surface area (Å²) in [6.45, 7) is 2.84. The van der Waals surface area contributed by atoms with Crippen molar-refractivity contribution in [3.63, 3.8) is 0 Å². The van der Waals surface area contributed by atoms with Crippen LogP contribution in [0.3, 0.4) is 0 Å². The van der Waals surface area contributed by atoms with Crippen molar-refractivity contribution in [2.45, 2.75) is 13.3 Å². The van der Waals surface area contributed by atoms with E-state index >= 15 is 0 Å². The van der Waals surface area contributed by atoms with Gasteiger partial charge >= 0.3 is 0 Å². The molecule has 3 N–H and O–H groups in total. The van der Waals surface area contributed by atoms with Crippen LogP contribution in [0.25, 0.3) is 0 Å². The van der Waals surface area contributed by atoms with Gasteiger partial charge in [0.2, 0.25) is 0 Å². The van der Waals surface area contributed by atoms with E-state index in [1.54, 1.807) is 0 Å². The topological polar surface area (TPSA) is 47.3 Å². The van der Waals surface area contributed by atoms with Crippen molar-refractivity contribution in [2.24, 2.45) is 11.8 Å². The Morgan fingerprint density at radius 1 is 1.35 bits per heavy atom. The van der Waals surface area contributed by atoms with E-state index in [0.717, 1.165) is 17.9 Å². The highest BCUT2D eigenvalue weighted by Crippen LogP contribution is 2.18. The molecule has 2 rings (SSSR count). The average molecular weight is 230 g/mol. The van der Waals surface area contributed by atoms with Gasteiger partial charge in [0, 0.05) is 5.69 Å². The minimum Gasteiger partial charge on any atom is -0.489 e. The third-order valence-corrected chi connectivity index (χ3v) is 2.82. The second-order valence-electron chi connectivity index (χ2n) is 4.31. The molecule has 0 bridgehead atoms. The van der Waals surface area contributed by atoms with Gasteiger partial charge < -0.3 is 10.2 Å². The predicted octanol–water partition coefficient (Wildman–Crippen LogP) is 2.87. The van der Waals surface area contributed by atoms with Crippen LogP contribution in [0.1, 0.15) is 13.3 Å². The lowest BCUT2D eigenvalue weighted by atomic mass is 9.99. The molecule has 0 heterocycles. The molecule has 3 heteroatoms. The van der Waals surface area contributed by atoms with Gasteiger partial charge in [-0.2, -0.15) is 0 Å².